The first-order valence-corrected chi connectivity index (χ1v) is 10.4. The number of esters is 1. The van der Waals surface area contributed by atoms with Crippen LogP contribution in [0.4, 0.5) is 0 Å². The quantitative estimate of drug-likeness (QED) is 0.647. The molecule has 1 aromatic carbocycles. The largest absolute Gasteiger partial charge is 0.497 e. The predicted octanol–water partition coefficient (Wildman–Crippen LogP) is 0.854. The van der Waals surface area contributed by atoms with E-state index in [1.54, 1.807) is 40.0 Å². The molecule has 1 atom stereocenters. The fourth-order valence-corrected chi connectivity index (χ4v) is 5.26. The molecule has 1 saturated heterocycles. The average molecular weight is 400 g/mol. The normalized spacial score (nSPS) is 18.3. The van der Waals surface area contributed by atoms with Crippen molar-refractivity contribution in [2.75, 3.05) is 46.6 Å². The number of hydrogen-bond acceptors (Lipinski definition) is 7. The summed E-state index contributed by atoms with van der Waals surface area (Å²) >= 11 is 0. The van der Waals surface area contributed by atoms with E-state index >= 15 is 0 Å². The van der Waals surface area contributed by atoms with E-state index in [4.69, 9.17) is 14.2 Å². The molecular formula is C18H28N2O6S. The number of rotatable bonds is 8. The molecule has 1 fully saturated rings. The molecule has 2 rings (SSSR count). The summed E-state index contributed by atoms with van der Waals surface area (Å²) in [5, 5.41) is 3.18. The van der Waals surface area contributed by atoms with Gasteiger partial charge in [0.15, 0.2) is 0 Å². The van der Waals surface area contributed by atoms with Crippen molar-refractivity contribution < 1.29 is 27.4 Å². The average Bonchev–Trinajstić information content (AvgIpc) is 2.61. The maximum absolute atomic E-state index is 13.3. The molecule has 0 radical (unpaired) electrons. The van der Waals surface area contributed by atoms with Gasteiger partial charge in [0, 0.05) is 19.6 Å². The van der Waals surface area contributed by atoms with Crippen molar-refractivity contribution in [3.63, 3.8) is 0 Å². The van der Waals surface area contributed by atoms with Crippen molar-refractivity contribution >= 4 is 16.0 Å². The molecule has 1 aliphatic heterocycles. The molecule has 1 unspecified atom stereocenters. The molecule has 0 saturated carbocycles. The minimum Gasteiger partial charge on any atom is -0.497 e. The van der Waals surface area contributed by atoms with Crippen LogP contribution in [0.2, 0.25) is 0 Å². The molecule has 0 spiro atoms. The molecule has 1 N–H and O–H groups in total. The van der Waals surface area contributed by atoms with Gasteiger partial charge in [-0.1, -0.05) is 0 Å². The zero-order valence-corrected chi connectivity index (χ0v) is 17.1. The van der Waals surface area contributed by atoms with Crippen LogP contribution in [0.15, 0.2) is 17.0 Å². The summed E-state index contributed by atoms with van der Waals surface area (Å²) in [5.41, 5.74) is 1.27. The number of nitrogens with one attached hydrogen (secondary N) is 1. The van der Waals surface area contributed by atoms with Gasteiger partial charge in [0.1, 0.15) is 12.4 Å². The maximum atomic E-state index is 13.3. The Labute approximate surface area is 160 Å². The first-order valence-electron chi connectivity index (χ1n) is 8.92. The summed E-state index contributed by atoms with van der Waals surface area (Å²) in [4.78, 5) is 11.7. The first kappa shape index (κ1) is 21.6. The van der Waals surface area contributed by atoms with Gasteiger partial charge in [0.25, 0.3) is 0 Å². The van der Waals surface area contributed by atoms with E-state index in [-0.39, 0.29) is 19.8 Å². The van der Waals surface area contributed by atoms with Crippen LogP contribution in [0.3, 0.4) is 0 Å². The summed E-state index contributed by atoms with van der Waals surface area (Å²) in [7, 11) is -2.17. The second kappa shape index (κ2) is 9.50. The lowest BCUT2D eigenvalue weighted by molar-refractivity contribution is -0.148. The third kappa shape index (κ3) is 5.19. The molecular weight excluding hydrogens is 372 g/mol. The number of sulfonamides is 1. The topological polar surface area (TPSA) is 94.2 Å². The van der Waals surface area contributed by atoms with E-state index in [0.29, 0.717) is 41.4 Å². The molecule has 152 valence electrons. The molecule has 0 amide bonds. The third-order valence-electron chi connectivity index (χ3n) is 4.37. The van der Waals surface area contributed by atoms with Gasteiger partial charge in [-0.3, -0.25) is 0 Å². The highest BCUT2D eigenvalue weighted by Crippen LogP contribution is 2.29. The van der Waals surface area contributed by atoms with Crippen LogP contribution in [0.1, 0.15) is 18.1 Å². The number of ether oxygens (including phenoxy) is 3. The Morgan fingerprint density at radius 2 is 1.96 bits per heavy atom. The highest BCUT2D eigenvalue weighted by molar-refractivity contribution is 7.89. The van der Waals surface area contributed by atoms with Crippen molar-refractivity contribution in [3.05, 3.63) is 23.3 Å². The zero-order valence-electron chi connectivity index (χ0n) is 16.3. The van der Waals surface area contributed by atoms with Crippen LogP contribution in [0, 0.1) is 13.8 Å². The van der Waals surface area contributed by atoms with Crippen LogP contribution >= 0.6 is 0 Å². The number of carbonyl (C=O) groups excluding carboxylic acids is 1. The summed E-state index contributed by atoms with van der Waals surface area (Å²) in [5.74, 6) is 0.163. The van der Waals surface area contributed by atoms with E-state index in [1.807, 2.05) is 0 Å². The van der Waals surface area contributed by atoms with Gasteiger partial charge in [-0.25, -0.2) is 13.2 Å². The number of piperazine rings is 1. The van der Waals surface area contributed by atoms with Gasteiger partial charge in [-0.05, 0) is 44.0 Å². The fraction of sp³-hybridized carbons (Fsp3) is 0.611. The van der Waals surface area contributed by atoms with E-state index in [1.165, 1.54) is 4.31 Å². The lowest BCUT2D eigenvalue weighted by Crippen LogP contribution is -2.55. The van der Waals surface area contributed by atoms with Crippen molar-refractivity contribution in [1.29, 1.82) is 0 Å². The molecule has 0 bridgehead atoms. The van der Waals surface area contributed by atoms with Gasteiger partial charge in [0.2, 0.25) is 10.0 Å². The third-order valence-corrected chi connectivity index (χ3v) is 6.63. The molecule has 1 heterocycles. The van der Waals surface area contributed by atoms with E-state index in [9.17, 15) is 13.2 Å². The van der Waals surface area contributed by atoms with Crippen LogP contribution < -0.4 is 10.1 Å². The molecule has 1 aliphatic rings. The molecule has 0 aliphatic carbocycles. The number of methoxy groups -OCH3 is 1. The number of nitrogens with zero attached hydrogens (tertiary/aromatic N) is 1. The molecule has 8 nitrogen and oxygen atoms in total. The predicted molar refractivity (Wildman–Crippen MR) is 100 cm³/mol. The number of carbonyl (C=O) groups is 1. The van der Waals surface area contributed by atoms with Gasteiger partial charge in [0.05, 0.1) is 31.3 Å². The second-order valence-corrected chi connectivity index (χ2v) is 8.21. The number of benzene rings is 1. The molecule has 1 aromatic rings. The van der Waals surface area contributed by atoms with Crippen LogP contribution in [0.25, 0.3) is 0 Å². The lowest BCUT2D eigenvalue weighted by atomic mass is 10.1. The Bertz CT molecular complexity index is 742. The summed E-state index contributed by atoms with van der Waals surface area (Å²) in [6.07, 6.45) is 0. The van der Waals surface area contributed by atoms with E-state index in [2.05, 4.69) is 5.32 Å². The van der Waals surface area contributed by atoms with Crippen LogP contribution in [-0.4, -0.2) is 71.3 Å². The summed E-state index contributed by atoms with van der Waals surface area (Å²) in [6, 6.07) is 3.03. The summed E-state index contributed by atoms with van der Waals surface area (Å²) in [6.45, 7) is 6.78. The van der Waals surface area contributed by atoms with Gasteiger partial charge >= 0.3 is 5.97 Å². The Balaban J connectivity index is 2.21. The van der Waals surface area contributed by atoms with Gasteiger partial charge in [-0.2, -0.15) is 4.31 Å². The van der Waals surface area contributed by atoms with Gasteiger partial charge in [-0.15, -0.1) is 0 Å². The molecule has 9 heteroatoms. The minimum absolute atomic E-state index is 0.110. The van der Waals surface area contributed by atoms with Crippen LogP contribution in [-0.2, 0) is 24.3 Å². The van der Waals surface area contributed by atoms with Crippen molar-refractivity contribution in [2.24, 2.45) is 0 Å². The van der Waals surface area contributed by atoms with Crippen LogP contribution in [0.5, 0.6) is 5.75 Å². The van der Waals surface area contributed by atoms with Crippen molar-refractivity contribution in [2.45, 2.75) is 31.7 Å². The Morgan fingerprint density at radius 1 is 1.30 bits per heavy atom. The lowest BCUT2D eigenvalue weighted by Gasteiger charge is -2.35. The smallest absolute Gasteiger partial charge is 0.332 e. The molecule has 27 heavy (non-hydrogen) atoms. The van der Waals surface area contributed by atoms with Crippen molar-refractivity contribution in [1.82, 2.24) is 9.62 Å². The first-order chi connectivity index (χ1) is 12.8. The highest BCUT2D eigenvalue weighted by Gasteiger charge is 2.35. The van der Waals surface area contributed by atoms with E-state index in [0.717, 1.165) is 0 Å². The van der Waals surface area contributed by atoms with E-state index < -0.39 is 22.0 Å². The zero-order chi connectivity index (χ0) is 20.0. The Kier molecular flexibility index (Phi) is 7.60. The molecule has 0 aromatic heterocycles. The standard InChI is InChI=1S/C18H28N2O6S/c1-5-26-17(21)12-25-11-15-10-19-6-7-20(15)27(22,23)18-13(2)8-16(24-4)9-14(18)3/h8-9,15,19H,5-7,10-12H2,1-4H3. The Hall–Kier alpha value is -1.68. The maximum Gasteiger partial charge on any atom is 0.332 e. The second-order valence-electron chi connectivity index (χ2n) is 6.38. The number of aryl methyl sites for hydroxylation is 2. The van der Waals surface area contributed by atoms with Crippen molar-refractivity contribution in [3.8, 4) is 5.75 Å². The summed E-state index contributed by atoms with van der Waals surface area (Å²) < 4.78 is 43.6. The number of hydrogen-bond donors (Lipinski definition) is 1. The monoisotopic (exact) mass is 400 g/mol. The SMILES string of the molecule is CCOC(=O)COCC1CNCCN1S(=O)(=O)c1c(C)cc(OC)cc1C. The minimum atomic E-state index is -3.72. The van der Waals surface area contributed by atoms with Gasteiger partial charge < -0.3 is 19.5 Å². The fourth-order valence-electron chi connectivity index (χ4n) is 3.23. The Morgan fingerprint density at radius 3 is 2.56 bits per heavy atom. The highest BCUT2D eigenvalue weighted by atomic mass is 32.2.